The first kappa shape index (κ1) is 57.0. The molecule has 7 amide bonds. The zero-order chi connectivity index (χ0) is 51.5. The standard InChI is InChI=1S/C26H26FN3O3.C10H14N4O4.C7H12NO3.2CH3NO.Pb/c1-5-13-15-8-21-24-16(10-30(21)25(31)17(15)11-33-26(13)32)23-20(29(3)4)7-6-14-12(2)18(27)9-19(28-24)22(14)23;11-5-6(10(18)13-4-3-7(12)15)14-8(16)1-2-9(14)17;1-2-3-7(10)8-6-11-5-4-9;2*2-1-3;/h8-9,13,20H,5-7,10-11H2,1-4H3;1-2,6H,3-5,11H2,(H2,12,15)(H,13,18);4H,1-3,5-6H2,(H,8,10);2*1H,(H2,2,3);. The molecule has 3 atom stereocenters. The number of nitrogens with one attached hydrogen (secondary N) is 2. The number of fused-ring (bicyclic) bond motifs is 5. The molecule has 0 bridgehead atoms. The van der Waals surface area contributed by atoms with Crippen LogP contribution in [0.1, 0.15) is 84.4 Å². The summed E-state index contributed by atoms with van der Waals surface area (Å²) in [6, 6.07) is 2.56. The molecule has 1 aromatic carbocycles. The van der Waals surface area contributed by atoms with E-state index in [1.165, 1.54) is 6.07 Å². The van der Waals surface area contributed by atoms with E-state index >= 15 is 0 Å². The molecule has 1 aliphatic carbocycles. The van der Waals surface area contributed by atoms with E-state index in [0.717, 1.165) is 99.4 Å². The summed E-state index contributed by atoms with van der Waals surface area (Å²) < 4.78 is 27.8. The molecule has 3 aromatic rings. The van der Waals surface area contributed by atoms with Gasteiger partial charge in [0, 0.05) is 54.7 Å². The number of benzene rings is 1. The molecule has 7 rings (SSSR count). The van der Waals surface area contributed by atoms with Crippen molar-refractivity contribution >= 4 is 91.3 Å². The predicted octanol–water partition coefficient (Wildman–Crippen LogP) is -0.952. The van der Waals surface area contributed by atoms with Gasteiger partial charge in [-0.15, -0.1) is 0 Å². The molecule has 10 N–H and O–H groups in total. The first-order valence-electron chi connectivity index (χ1n) is 21.7. The van der Waals surface area contributed by atoms with Gasteiger partial charge in [-0.2, -0.15) is 0 Å². The van der Waals surface area contributed by atoms with E-state index in [-0.39, 0.29) is 81.6 Å². The van der Waals surface area contributed by atoms with Gasteiger partial charge >= 0.3 is 93.7 Å². The number of imide groups is 1. The van der Waals surface area contributed by atoms with Gasteiger partial charge in [0.15, 0.2) is 0 Å². The Hall–Kier alpha value is -6.32. The van der Waals surface area contributed by atoms with Crippen molar-refractivity contribution in [2.45, 2.75) is 87.5 Å². The van der Waals surface area contributed by atoms with Crippen molar-refractivity contribution in [3.63, 3.8) is 0 Å². The topological polar surface area (TPSA) is 342 Å². The molecule has 24 heteroatoms. The maximum absolute atomic E-state index is 14.8. The molecule has 69 heavy (non-hydrogen) atoms. The third-order valence-corrected chi connectivity index (χ3v) is 12.7. The number of aldehydes is 1. The molecule has 0 spiro atoms. The van der Waals surface area contributed by atoms with Gasteiger partial charge in [0.25, 0.3) is 17.4 Å². The van der Waals surface area contributed by atoms with Crippen molar-refractivity contribution in [1.29, 1.82) is 0 Å². The van der Waals surface area contributed by atoms with Crippen LogP contribution in [-0.4, -0.2) is 146 Å². The Balaban J connectivity index is 0.000000295. The van der Waals surface area contributed by atoms with Crippen LogP contribution >= 0.6 is 0 Å². The fourth-order valence-corrected chi connectivity index (χ4v) is 8.81. The molecule has 4 aliphatic rings. The number of aryl methyl sites for hydroxylation is 1. The SMILES string of the molecule is CCC1C(=O)OCc2c1cc1n(c2=O)Cc2c-1nc1cc(F)c(C)c3c1c2C(N(C)C)CC3.NC=O.NC=O.NCC(C(=O)NCCC(N)=O)N1C(=O)C=CC1=O.O=CCOCNC(=O)CC[CH2][Pb]. The molecular weight excluding hydrogens is 1100 g/mol. The van der Waals surface area contributed by atoms with E-state index in [4.69, 9.17) is 35.5 Å². The van der Waals surface area contributed by atoms with E-state index in [2.05, 4.69) is 41.1 Å². The number of halogens is 1. The van der Waals surface area contributed by atoms with Crippen LogP contribution in [0.2, 0.25) is 3.98 Å². The van der Waals surface area contributed by atoms with Gasteiger partial charge in [-0.1, -0.05) is 6.92 Å². The average Bonchev–Trinajstić information content (AvgIpc) is 3.85. The number of primary amides is 3. The van der Waals surface area contributed by atoms with Gasteiger partial charge in [0.2, 0.25) is 24.6 Å². The number of rotatable bonds is 15. The Labute approximate surface area is 412 Å². The minimum atomic E-state index is -1.08. The zero-order valence-electron chi connectivity index (χ0n) is 38.8. The number of nitrogens with zero attached hydrogens (tertiary/aromatic N) is 4. The van der Waals surface area contributed by atoms with E-state index in [9.17, 15) is 42.7 Å². The van der Waals surface area contributed by atoms with Crippen LogP contribution in [0, 0.1) is 12.7 Å². The predicted molar refractivity (Wildman–Crippen MR) is 249 cm³/mol. The zero-order valence-corrected chi connectivity index (χ0v) is 42.7. The number of aromatic nitrogens is 2. The Morgan fingerprint density at radius 1 is 1.03 bits per heavy atom. The van der Waals surface area contributed by atoms with Gasteiger partial charge in [0.1, 0.15) is 18.5 Å². The summed E-state index contributed by atoms with van der Waals surface area (Å²) in [6.45, 7) is 4.23. The second kappa shape index (κ2) is 27.6. The van der Waals surface area contributed by atoms with Crippen LogP contribution in [0.5, 0.6) is 0 Å². The maximum atomic E-state index is 14.8. The third kappa shape index (κ3) is 14.1. The summed E-state index contributed by atoms with van der Waals surface area (Å²) in [4.78, 5) is 117. The number of esters is 1. The summed E-state index contributed by atoms with van der Waals surface area (Å²) in [6.07, 6.45) is 7.04. The summed E-state index contributed by atoms with van der Waals surface area (Å²) in [7, 11) is 4.12. The molecule has 5 heterocycles. The molecular formula is C45H58FN10O12Pb. The summed E-state index contributed by atoms with van der Waals surface area (Å²) in [5.41, 5.74) is 25.8. The number of cyclic esters (lactones) is 1. The third-order valence-electron chi connectivity index (χ3n) is 11.3. The number of nitrogens with two attached hydrogens (primary N) is 4. The van der Waals surface area contributed by atoms with Crippen molar-refractivity contribution in [1.82, 2.24) is 30.0 Å². The molecule has 0 fully saturated rings. The molecule has 22 nitrogen and oxygen atoms in total. The Bertz CT molecular complexity index is 2490. The normalized spacial score (nSPS) is 16.0. The summed E-state index contributed by atoms with van der Waals surface area (Å²) in [5, 5.41) is 5.97. The number of amides is 7. The molecule has 371 valence electrons. The van der Waals surface area contributed by atoms with Gasteiger partial charge in [0.05, 0.1) is 34.9 Å². The van der Waals surface area contributed by atoms with E-state index in [0.29, 0.717) is 48.0 Å². The Kier molecular flexibility index (Phi) is 22.8. The fraction of sp³-hybridized carbons (Fsp3) is 0.444. The van der Waals surface area contributed by atoms with Crippen LogP contribution < -0.4 is 39.1 Å². The van der Waals surface area contributed by atoms with Gasteiger partial charge in [-0.05, 0) is 68.6 Å². The minimum absolute atomic E-state index is 0.00301. The molecule has 2 aromatic heterocycles. The van der Waals surface area contributed by atoms with Crippen LogP contribution in [0.4, 0.5) is 4.39 Å². The molecule has 3 radical (unpaired) electrons. The molecule has 0 saturated heterocycles. The number of carbonyl (C=O) groups is 9. The van der Waals surface area contributed by atoms with Crippen LogP contribution in [0.25, 0.3) is 22.3 Å². The van der Waals surface area contributed by atoms with Gasteiger partial charge in [-0.25, -0.2) is 9.37 Å². The van der Waals surface area contributed by atoms with E-state index in [1.807, 2.05) is 19.9 Å². The van der Waals surface area contributed by atoms with Gasteiger partial charge < -0.3 is 42.5 Å². The fourth-order valence-electron chi connectivity index (χ4n) is 8.12. The van der Waals surface area contributed by atoms with Crippen LogP contribution in [0.15, 0.2) is 29.1 Å². The second-order valence-electron chi connectivity index (χ2n) is 15.7. The second-order valence-corrected chi connectivity index (χ2v) is 17.6. The summed E-state index contributed by atoms with van der Waals surface area (Å²) >= 11 is 1.14. The quantitative estimate of drug-likeness (QED) is 0.0209. The molecule has 3 unspecified atom stereocenters. The Morgan fingerprint density at radius 3 is 2.25 bits per heavy atom. The van der Waals surface area contributed by atoms with Crippen molar-refractivity contribution in [2.75, 3.05) is 40.5 Å². The Morgan fingerprint density at radius 2 is 1.68 bits per heavy atom. The van der Waals surface area contributed by atoms with Crippen molar-refractivity contribution in [3.8, 4) is 11.4 Å². The first-order valence-corrected chi connectivity index (χ1v) is 24.5. The van der Waals surface area contributed by atoms with Crippen molar-refractivity contribution in [2.24, 2.45) is 22.9 Å². The van der Waals surface area contributed by atoms with E-state index in [1.54, 1.807) is 4.57 Å². The summed E-state index contributed by atoms with van der Waals surface area (Å²) in [5.74, 6) is -3.30. The van der Waals surface area contributed by atoms with Gasteiger partial charge in [-0.3, -0.25) is 43.3 Å². The van der Waals surface area contributed by atoms with E-state index < -0.39 is 35.6 Å². The average molecular weight is 1160 g/mol. The monoisotopic (exact) mass is 1160 g/mol. The first-order chi connectivity index (χ1) is 32.9. The molecule has 3 aliphatic heterocycles. The number of hydrogen-bond acceptors (Lipinski definition) is 15. The van der Waals surface area contributed by atoms with Crippen LogP contribution in [-0.2, 0) is 72.2 Å². The number of pyridine rings is 2. The number of hydrogen-bond donors (Lipinski definition) is 6. The number of carbonyl (C=O) groups excluding carboxylic acids is 9. The van der Waals surface area contributed by atoms with Crippen molar-refractivity contribution in [3.05, 3.63) is 73.8 Å². The number of ether oxygens (including phenoxy) is 2. The molecule has 0 saturated carbocycles. The van der Waals surface area contributed by atoms with Crippen molar-refractivity contribution < 1.29 is 57.0 Å². The van der Waals surface area contributed by atoms with Crippen LogP contribution in [0.3, 0.4) is 0 Å².